The van der Waals surface area contributed by atoms with E-state index in [4.69, 9.17) is 4.74 Å². The van der Waals surface area contributed by atoms with Crippen molar-refractivity contribution in [3.63, 3.8) is 0 Å². The number of ether oxygens (including phenoxy) is 1. The molecule has 8 nitrogen and oxygen atoms in total. The van der Waals surface area contributed by atoms with Crippen LogP contribution in [0.5, 0.6) is 0 Å². The zero-order chi connectivity index (χ0) is 22.6. The van der Waals surface area contributed by atoms with E-state index in [1.165, 1.54) is 49.6 Å². The molecule has 0 spiro atoms. The summed E-state index contributed by atoms with van der Waals surface area (Å²) in [4.78, 5) is 30.9. The maximum Gasteiger partial charge on any atom is 0.358 e. The zero-order valence-electron chi connectivity index (χ0n) is 16.8. The van der Waals surface area contributed by atoms with Gasteiger partial charge in [0.1, 0.15) is 5.82 Å². The van der Waals surface area contributed by atoms with Gasteiger partial charge in [-0.15, -0.1) is 0 Å². The molecule has 1 heterocycles. The SMILES string of the molecule is COC(c1ccc(NC(=O)C=Cc2cnn(C)c2-c2ccc(F)cc2)cc1)P(=O)(O)O. The molecule has 1 atom stereocenters. The molecule has 162 valence electrons. The molecule has 0 aliphatic rings. The first kappa shape index (κ1) is 22.6. The van der Waals surface area contributed by atoms with Crippen LogP contribution in [-0.4, -0.2) is 32.6 Å². The molecule has 0 saturated carbocycles. The first-order valence-corrected chi connectivity index (χ1v) is 10.8. The van der Waals surface area contributed by atoms with Gasteiger partial charge in [-0.3, -0.25) is 14.0 Å². The molecule has 0 radical (unpaired) electrons. The molecule has 1 aromatic heterocycles. The van der Waals surface area contributed by atoms with Crippen LogP contribution in [-0.2, 0) is 21.1 Å². The second-order valence-electron chi connectivity index (χ2n) is 6.70. The molecule has 0 aliphatic carbocycles. The fourth-order valence-corrected chi connectivity index (χ4v) is 3.92. The quantitative estimate of drug-likeness (QED) is 0.378. The van der Waals surface area contributed by atoms with Crippen LogP contribution < -0.4 is 5.32 Å². The van der Waals surface area contributed by atoms with Gasteiger partial charge in [0.05, 0.1) is 11.9 Å². The Morgan fingerprint density at radius 1 is 1.19 bits per heavy atom. The Morgan fingerprint density at radius 3 is 2.42 bits per heavy atom. The summed E-state index contributed by atoms with van der Waals surface area (Å²) in [6.45, 7) is 0. The van der Waals surface area contributed by atoms with Crippen molar-refractivity contribution in [1.82, 2.24) is 9.78 Å². The number of carbonyl (C=O) groups is 1. The Morgan fingerprint density at radius 2 is 1.84 bits per heavy atom. The molecular formula is C21H21FN3O5P. The van der Waals surface area contributed by atoms with Gasteiger partial charge in [0.15, 0.2) is 5.85 Å². The molecule has 1 amide bonds. The van der Waals surface area contributed by atoms with E-state index in [2.05, 4.69) is 10.4 Å². The molecular weight excluding hydrogens is 424 g/mol. The Kier molecular flexibility index (Phi) is 6.82. The van der Waals surface area contributed by atoms with E-state index in [-0.39, 0.29) is 5.82 Å². The van der Waals surface area contributed by atoms with E-state index < -0.39 is 19.3 Å². The zero-order valence-corrected chi connectivity index (χ0v) is 17.7. The number of aromatic nitrogens is 2. The standard InChI is InChI=1S/C21H21FN3O5P/c1-25-20(14-3-8-17(22)9-4-14)16(13-23-25)7-12-19(26)24-18-10-5-15(6-11-18)21(30-2)31(27,28)29/h3-13,21H,1-2H3,(H,24,26)(H2,27,28,29). The van der Waals surface area contributed by atoms with Gasteiger partial charge in [-0.1, -0.05) is 12.1 Å². The van der Waals surface area contributed by atoms with Gasteiger partial charge in [0.2, 0.25) is 5.91 Å². The van der Waals surface area contributed by atoms with Gasteiger partial charge >= 0.3 is 7.60 Å². The van der Waals surface area contributed by atoms with E-state index in [0.717, 1.165) is 11.3 Å². The molecule has 3 N–H and O–H groups in total. The molecule has 0 aliphatic heterocycles. The summed E-state index contributed by atoms with van der Waals surface area (Å²) in [5.41, 5.74) is 2.92. The molecule has 0 bridgehead atoms. The van der Waals surface area contributed by atoms with Crippen molar-refractivity contribution in [2.24, 2.45) is 7.05 Å². The van der Waals surface area contributed by atoms with Crippen molar-refractivity contribution >= 4 is 25.3 Å². The summed E-state index contributed by atoms with van der Waals surface area (Å²) >= 11 is 0. The highest BCUT2D eigenvalue weighted by molar-refractivity contribution is 7.52. The average molecular weight is 445 g/mol. The van der Waals surface area contributed by atoms with Crippen molar-refractivity contribution in [3.05, 3.63) is 77.7 Å². The number of benzene rings is 2. The van der Waals surface area contributed by atoms with Crippen molar-refractivity contribution in [3.8, 4) is 11.3 Å². The van der Waals surface area contributed by atoms with Crippen LogP contribution >= 0.6 is 7.60 Å². The Labute approximate surface area is 178 Å². The number of nitrogens with one attached hydrogen (secondary N) is 1. The summed E-state index contributed by atoms with van der Waals surface area (Å²) in [5, 5.41) is 6.87. The minimum absolute atomic E-state index is 0.295. The topological polar surface area (TPSA) is 114 Å². The van der Waals surface area contributed by atoms with Crippen molar-refractivity contribution in [2.45, 2.75) is 5.85 Å². The summed E-state index contributed by atoms with van der Waals surface area (Å²) in [5.74, 6) is -2.11. The van der Waals surface area contributed by atoms with Crippen molar-refractivity contribution in [1.29, 1.82) is 0 Å². The first-order chi connectivity index (χ1) is 14.7. The third-order valence-electron chi connectivity index (χ3n) is 4.49. The normalized spacial score (nSPS) is 12.8. The number of hydrogen-bond acceptors (Lipinski definition) is 4. The molecule has 10 heteroatoms. The van der Waals surface area contributed by atoms with E-state index in [1.807, 2.05) is 0 Å². The predicted molar refractivity (Wildman–Crippen MR) is 115 cm³/mol. The molecule has 2 aromatic carbocycles. The number of hydrogen-bond donors (Lipinski definition) is 3. The van der Waals surface area contributed by atoms with Crippen LogP contribution in [0.15, 0.2) is 60.8 Å². The smallest absolute Gasteiger partial charge is 0.358 e. The van der Waals surface area contributed by atoms with Crippen LogP contribution in [0.1, 0.15) is 17.0 Å². The fraction of sp³-hybridized carbons (Fsp3) is 0.143. The summed E-state index contributed by atoms with van der Waals surface area (Å²) in [6.07, 6.45) is 4.54. The van der Waals surface area contributed by atoms with Crippen LogP contribution in [0, 0.1) is 5.82 Å². The van der Waals surface area contributed by atoms with E-state index in [1.54, 1.807) is 36.1 Å². The average Bonchev–Trinajstić information content (AvgIpc) is 3.08. The number of nitrogens with zero attached hydrogens (tertiary/aromatic N) is 2. The molecule has 1 unspecified atom stereocenters. The van der Waals surface area contributed by atoms with Crippen molar-refractivity contribution in [2.75, 3.05) is 12.4 Å². The van der Waals surface area contributed by atoms with E-state index in [0.29, 0.717) is 16.8 Å². The minimum atomic E-state index is -4.47. The third-order valence-corrected chi connectivity index (χ3v) is 5.61. The summed E-state index contributed by atoms with van der Waals surface area (Å²) in [7, 11) is -1.50. The first-order valence-electron chi connectivity index (χ1n) is 9.14. The Hall–Kier alpha value is -3.10. The van der Waals surface area contributed by atoms with Crippen LogP contribution in [0.25, 0.3) is 17.3 Å². The van der Waals surface area contributed by atoms with E-state index in [9.17, 15) is 23.5 Å². The minimum Gasteiger partial charge on any atom is -0.364 e. The third kappa shape index (κ3) is 5.53. The second-order valence-corrected chi connectivity index (χ2v) is 8.35. The Bertz CT molecular complexity index is 1140. The molecule has 31 heavy (non-hydrogen) atoms. The second kappa shape index (κ2) is 9.36. The lowest BCUT2D eigenvalue weighted by atomic mass is 10.1. The van der Waals surface area contributed by atoms with Gasteiger partial charge < -0.3 is 19.8 Å². The maximum absolute atomic E-state index is 13.2. The van der Waals surface area contributed by atoms with Gasteiger partial charge in [0.25, 0.3) is 0 Å². The summed E-state index contributed by atoms with van der Waals surface area (Å²) < 4.78 is 31.2. The lowest BCUT2D eigenvalue weighted by Crippen LogP contribution is -2.08. The highest BCUT2D eigenvalue weighted by Gasteiger charge is 2.30. The van der Waals surface area contributed by atoms with Gasteiger partial charge in [-0.25, -0.2) is 4.39 Å². The largest absolute Gasteiger partial charge is 0.364 e. The number of rotatable bonds is 7. The van der Waals surface area contributed by atoms with Gasteiger partial charge in [-0.05, 0) is 48.0 Å². The highest BCUT2D eigenvalue weighted by atomic mass is 31.2. The van der Waals surface area contributed by atoms with Gasteiger partial charge in [-0.2, -0.15) is 5.10 Å². The van der Waals surface area contributed by atoms with Crippen molar-refractivity contribution < 1.29 is 28.3 Å². The van der Waals surface area contributed by atoms with E-state index >= 15 is 0 Å². The number of carbonyl (C=O) groups excluding carboxylic acids is 1. The van der Waals surface area contributed by atoms with Crippen LogP contribution in [0.2, 0.25) is 0 Å². The number of methoxy groups -OCH3 is 1. The number of halogens is 1. The number of aryl methyl sites for hydroxylation is 1. The predicted octanol–water partition coefficient (Wildman–Crippen LogP) is 3.70. The van der Waals surface area contributed by atoms with Crippen LogP contribution in [0.3, 0.4) is 0 Å². The van der Waals surface area contributed by atoms with Gasteiger partial charge in [0, 0.05) is 37.0 Å². The monoisotopic (exact) mass is 445 g/mol. The number of amides is 1. The fourth-order valence-electron chi connectivity index (χ4n) is 3.09. The lowest BCUT2D eigenvalue weighted by Gasteiger charge is -2.17. The highest BCUT2D eigenvalue weighted by Crippen LogP contribution is 2.52. The number of anilines is 1. The maximum atomic E-state index is 13.2. The van der Waals surface area contributed by atoms with Crippen LogP contribution in [0.4, 0.5) is 10.1 Å². The summed E-state index contributed by atoms with van der Waals surface area (Å²) in [6, 6.07) is 12.0. The Balaban J connectivity index is 1.72. The molecule has 0 saturated heterocycles. The molecule has 3 rings (SSSR count). The molecule has 0 fully saturated rings. The molecule has 3 aromatic rings. The lowest BCUT2D eigenvalue weighted by molar-refractivity contribution is -0.111.